The van der Waals surface area contributed by atoms with Gasteiger partial charge < -0.3 is 4.74 Å². The number of Topliss-reactive ketones (excluding diaryl/α,β-unsaturated/α-hetero) is 1. The average Bonchev–Trinajstić information content (AvgIpc) is 3.61. The lowest BCUT2D eigenvalue weighted by Gasteiger charge is -2.15. The molecule has 3 aromatic heterocycles. The first kappa shape index (κ1) is 32.3. The van der Waals surface area contributed by atoms with Gasteiger partial charge in [-0.3, -0.25) is 9.59 Å². The Bertz CT molecular complexity index is 1780. The molecule has 0 atom stereocenters. The number of unbranched alkanes of at least 4 members (excludes halogenated alkanes) is 2. The number of tetrazole rings is 1. The normalized spacial score (nSPS) is 11.1. The van der Waals surface area contributed by atoms with Gasteiger partial charge in [-0.25, -0.2) is 19.5 Å². The molecule has 0 bridgehead atoms. The van der Waals surface area contributed by atoms with E-state index >= 15 is 0 Å². The summed E-state index contributed by atoms with van der Waals surface area (Å²) in [6.07, 6.45) is 9.90. The van der Waals surface area contributed by atoms with Crippen LogP contribution in [0.5, 0.6) is 5.75 Å². The molecule has 11 heteroatoms. The minimum absolute atomic E-state index is 0.171. The quantitative estimate of drug-likeness (QED) is 0.131. The zero-order valence-electron chi connectivity index (χ0n) is 26.7. The molecular weight excluding hydrogens is 580 g/mol. The van der Waals surface area contributed by atoms with Crippen LogP contribution >= 0.6 is 0 Å². The number of carbonyl (C=O) groups excluding carboxylic acids is 1. The van der Waals surface area contributed by atoms with E-state index in [0.717, 1.165) is 66.5 Å². The van der Waals surface area contributed by atoms with Gasteiger partial charge in [-0.2, -0.15) is 5.21 Å². The molecule has 0 aliphatic rings. The third-order valence-corrected chi connectivity index (χ3v) is 7.82. The Balaban J connectivity index is 1.35. The van der Waals surface area contributed by atoms with Crippen molar-refractivity contribution in [3.05, 3.63) is 93.9 Å². The summed E-state index contributed by atoms with van der Waals surface area (Å²) in [6, 6.07) is 16.1. The van der Waals surface area contributed by atoms with E-state index in [2.05, 4.69) is 37.5 Å². The van der Waals surface area contributed by atoms with Crippen LogP contribution in [0.1, 0.15) is 81.4 Å². The zero-order valence-corrected chi connectivity index (χ0v) is 26.7. The van der Waals surface area contributed by atoms with Gasteiger partial charge in [0.1, 0.15) is 11.6 Å². The number of ether oxygens (including phenoxy) is 1. The third-order valence-electron chi connectivity index (χ3n) is 7.82. The Kier molecular flexibility index (Phi) is 11.1. The molecule has 5 rings (SSSR count). The molecule has 11 nitrogen and oxygen atoms in total. The number of nitrogens with zero attached hydrogens (tertiary/aromatic N) is 7. The highest BCUT2D eigenvalue weighted by molar-refractivity contribution is 5.80. The summed E-state index contributed by atoms with van der Waals surface area (Å²) in [6.45, 7) is 6.42. The molecule has 3 heterocycles. The van der Waals surface area contributed by atoms with E-state index in [-0.39, 0.29) is 11.5 Å². The van der Waals surface area contributed by atoms with E-state index in [1.54, 1.807) is 12.4 Å². The fraction of sp³-hybridized carbons (Fsp3) is 0.371. The Labute approximate surface area is 268 Å². The largest absolute Gasteiger partial charge is 0.490 e. The number of hydrogen-bond donors (Lipinski definition) is 1. The Morgan fingerprint density at radius 1 is 0.913 bits per heavy atom. The lowest BCUT2D eigenvalue weighted by molar-refractivity contribution is -0.119. The molecule has 0 aliphatic heterocycles. The second-order valence-electron chi connectivity index (χ2n) is 11.3. The molecule has 238 valence electrons. The summed E-state index contributed by atoms with van der Waals surface area (Å²) in [5.74, 6) is 2.14. The molecule has 0 fully saturated rings. The highest BCUT2D eigenvalue weighted by Crippen LogP contribution is 2.30. The fourth-order valence-electron chi connectivity index (χ4n) is 5.41. The number of H-pyrrole nitrogens is 1. The second-order valence-corrected chi connectivity index (χ2v) is 11.3. The molecule has 5 aromatic rings. The highest BCUT2D eigenvalue weighted by atomic mass is 16.5. The zero-order chi connectivity index (χ0) is 32.3. The summed E-state index contributed by atoms with van der Waals surface area (Å²) >= 11 is 0. The summed E-state index contributed by atoms with van der Waals surface area (Å²) in [4.78, 5) is 39.5. The molecule has 2 aromatic carbocycles. The van der Waals surface area contributed by atoms with Crippen LogP contribution in [0.4, 0.5) is 0 Å². The Morgan fingerprint density at radius 2 is 1.67 bits per heavy atom. The first-order valence-corrected chi connectivity index (χ1v) is 16.0. The van der Waals surface area contributed by atoms with E-state index in [1.165, 1.54) is 4.57 Å². The van der Waals surface area contributed by atoms with Gasteiger partial charge in [0.25, 0.3) is 5.56 Å². The summed E-state index contributed by atoms with van der Waals surface area (Å²) in [5.41, 5.74) is 5.15. The number of hydrogen-bond acceptors (Lipinski definition) is 9. The fourth-order valence-corrected chi connectivity index (χ4v) is 5.41. The number of aryl methyl sites for hydroxylation is 2. The summed E-state index contributed by atoms with van der Waals surface area (Å²) in [7, 11) is 0. The summed E-state index contributed by atoms with van der Waals surface area (Å²) < 4.78 is 7.26. The van der Waals surface area contributed by atoms with Crippen molar-refractivity contribution in [1.82, 2.24) is 40.1 Å². The smallest absolute Gasteiger partial charge is 0.264 e. The van der Waals surface area contributed by atoms with E-state index in [1.807, 2.05) is 62.4 Å². The number of aromatic nitrogens is 8. The maximum atomic E-state index is 14.0. The minimum Gasteiger partial charge on any atom is -0.490 e. The van der Waals surface area contributed by atoms with Crippen molar-refractivity contribution in [1.29, 1.82) is 0 Å². The molecule has 0 radical (unpaired) electrons. The van der Waals surface area contributed by atoms with Crippen LogP contribution in [0.15, 0.2) is 65.7 Å². The molecular formula is C35H40N8O3. The van der Waals surface area contributed by atoms with Gasteiger partial charge in [0, 0.05) is 30.4 Å². The number of ketones is 1. The maximum Gasteiger partial charge on any atom is 0.264 e. The van der Waals surface area contributed by atoms with E-state index in [0.29, 0.717) is 54.6 Å². The van der Waals surface area contributed by atoms with Gasteiger partial charge >= 0.3 is 0 Å². The van der Waals surface area contributed by atoms with Crippen molar-refractivity contribution in [3.63, 3.8) is 0 Å². The van der Waals surface area contributed by atoms with Gasteiger partial charge in [0.15, 0.2) is 5.75 Å². The first-order chi connectivity index (χ1) is 22.5. The van der Waals surface area contributed by atoms with Gasteiger partial charge in [0.2, 0.25) is 11.8 Å². The van der Waals surface area contributed by atoms with Crippen molar-refractivity contribution in [2.45, 2.75) is 78.6 Å². The standard InChI is InChI=1S/C35H40N8O3/c1-4-6-15-32-31(21-25-16-18-26(19-17-25)29-13-7-8-14-30(29)33-39-41-42-40-33)34(45)43(24(3)38-32)35-36-22-28(23-37-35)46-20-10-9-12-27(44)11-5-2/h7-8,13-14,16-19,22-23H,4-6,9-12,15,20-21H2,1-3H3,(H,39,40,41,42). The molecule has 1 N–H and O–H groups in total. The van der Waals surface area contributed by atoms with Crippen molar-refractivity contribution < 1.29 is 9.53 Å². The summed E-state index contributed by atoms with van der Waals surface area (Å²) in [5, 5.41) is 14.5. The van der Waals surface area contributed by atoms with Gasteiger partial charge in [0.05, 0.1) is 24.7 Å². The van der Waals surface area contributed by atoms with Gasteiger partial charge in [-0.15, -0.1) is 10.2 Å². The molecule has 0 spiro atoms. The molecule has 0 saturated heterocycles. The van der Waals surface area contributed by atoms with E-state index in [4.69, 9.17) is 9.72 Å². The van der Waals surface area contributed by atoms with E-state index < -0.39 is 0 Å². The number of benzene rings is 2. The Hall–Kier alpha value is -5.06. The maximum absolute atomic E-state index is 14.0. The monoisotopic (exact) mass is 620 g/mol. The number of carbonyl (C=O) groups is 1. The average molecular weight is 621 g/mol. The van der Waals surface area contributed by atoms with Crippen molar-refractivity contribution in [2.24, 2.45) is 0 Å². The predicted octanol–water partition coefficient (Wildman–Crippen LogP) is 6.03. The van der Waals surface area contributed by atoms with Crippen molar-refractivity contribution in [2.75, 3.05) is 6.61 Å². The topological polar surface area (TPSA) is 141 Å². The molecule has 0 aliphatic carbocycles. The predicted molar refractivity (Wildman–Crippen MR) is 176 cm³/mol. The van der Waals surface area contributed by atoms with Gasteiger partial charge in [-0.1, -0.05) is 68.8 Å². The van der Waals surface area contributed by atoms with Gasteiger partial charge in [-0.05, 0) is 60.9 Å². The van der Waals surface area contributed by atoms with Crippen LogP contribution in [0.25, 0.3) is 28.5 Å². The highest BCUT2D eigenvalue weighted by Gasteiger charge is 2.18. The van der Waals surface area contributed by atoms with Crippen molar-refractivity contribution in [3.8, 4) is 34.2 Å². The number of aromatic amines is 1. The van der Waals surface area contributed by atoms with Crippen LogP contribution in [-0.2, 0) is 17.6 Å². The third kappa shape index (κ3) is 7.96. The lowest BCUT2D eigenvalue weighted by atomic mass is 9.96. The molecule has 0 unspecified atom stereocenters. The molecule has 0 amide bonds. The SMILES string of the molecule is CCCCc1nc(C)n(-c2ncc(OCCCCC(=O)CCC)cn2)c(=O)c1Cc1ccc(-c2ccccc2-c2nn[nH]n2)cc1. The number of rotatable bonds is 16. The van der Waals surface area contributed by atoms with Crippen LogP contribution in [0.2, 0.25) is 0 Å². The van der Waals surface area contributed by atoms with Crippen LogP contribution in [0, 0.1) is 6.92 Å². The van der Waals surface area contributed by atoms with Crippen LogP contribution in [0.3, 0.4) is 0 Å². The second kappa shape index (κ2) is 15.8. The van der Waals surface area contributed by atoms with E-state index in [9.17, 15) is 9.59 Å². The molecule has 0 saturated carbocycles. The van der Waals surface area contributed by atoms with Crippen molar-refractivity contribution >= 4 is 5.78 Å². The number of nitrogens with one attached hydrogen (secondary N) is 1. The minimum atomic E-state index is -0.171. The first-order valence-electron chi connectivity index (χ1n) is 16.0. The molecule has 46 heavy (non-hydrogen) atoms. The lowest BCUT2D eigenvalue weighted by Crippen LogP contribution is -2.29. The van der Waals surface area contributed by atoms with Crippen LogP contribution in [-0.4, -0.2) is 52.5 Å². The Morgan fingerprint density at radius 3 is 2.37 bits per heavy atom. The van der Waals surface area contributed by atoms with Crippen LogP contribution < -0.4 is 10.3 Å².